The molecular weight excluding hydrogens is 388 g/mol. The van der Waals surface area contributed by atoms with Crippen molar-refractivity contribution in [3.63, 3.8) is 0 Å². The highest BCUT2D eigenvalue weighted by molar-refractivity contribution is 5.84. The number of aryl methyl sites for hydroxylation is 2. The van der Waals surface area contributed by atoms with E-state index < -0.39 is 11.5 Å². The normalized spacial score (nSPS) is 12.8. The first-order valence-corrected chi connectivity index (χ1v) is 10.5. The molecule has 0 saturated heterocycles. The molecule has 1 heterocycles. The van der Waals surface area contributed by atoms with E-state index in [0.717, 1.165) is 35.8 Å². The molecule has 4 heteroatoms. The quantitative estimate of drug-likeness (QED) is 0.337. The Balaban J connectivity index is 1.46. The number of fused-ring (bicyclic) bond motifs is 2. The maximum Gasteiger partial charge on any atom is 0.336 e. The fraction of sp³-hybridized carbons (Fsp3) is 0.185. The summed E-state index contributed by atoms with van der Waals surface area (Å²) in [4.78, 5) is 25.3. The zero-order valence-electron chi connectivity index (χ0n) is 17.0. The standard InChI is InChI=1S/C27H22O4/c28-25-16-22(23-14-20-12-7-13-21(20)15-24(23)31-25)17-30-27(29)26(18-8-3-1-4-9-18)19-10-5-2-6-11-19/h1-6,8-11,14-16,26H,7,12-13,17H2. The van der Waals surface area contributed by atoms with Crippen LogP contribution in [0.2, 0.25) is 0 Å². The van der Waals surface area contributed by atoms with E-state index >= 15 is 0 Å². The Hall–Kier alpha value is -3.66. The van der Waals surface area contributed by atoms with Crippen LogP contribution in [0.1, 0.15) is 40.2 Å². The van der Waals surface area contributed by atoms with E-state index in [4.69, 9.17) is 9.15 Å². The third kappa shape index (κ3) is 3.89. The Morgan fingerprint density at radius 3 is 2.13 bits per heavy atom. The molecule has 1 aliphatic rings. The van der Waals surface area contributed by atoms with E-state index in [9.17, 15) is 9.59 Å². The summed E-state index contributed by atoms with van der Waals surface area (Å²) < 4.78 is 11.2. The molecule has 0 aliphatic heterocycles. The highest BCUT2D eigenvalue weighted by Gasteiger charge is 2.24. The highest BCUT2D eigenvalue weighted by Crippen LogP contribution is 2.30. The minimum absolute atomic E-state index is 0.0237. The third-order valence-electron chi connectivity index (χ3n) is 5.91. The lowest BCUT2D eigenvalue weighted by Crippen LogP contribution is -2.17. The number of ether oxygens (including phenoxy) is 1. The number of carbonyl (C=O) groups is 1. The molecule has 0 atom stereocenters. The zero-order valence-corrected chi connectivity index (χ0v) is 17.0. The Morgan fingerprint density at radius 2 is 1.48 bits per heavy atom. The summed E-state index contributed by atoms with van der Waals surface area (Å²) >= 11 is 0. The van der Waals surface area contributed by atoms with Gasteiger partial charge in [-0.05, 0) is 53.6 Å². The molecule has 0 saturated carbocycles. The van der Waals surface area contributed by atoms with Crippen LogP contribution in [-0.2, 0) is 29.0 Å². The van der Waals surface area contributed by atoms with Gasteiger partial charge in [-0.2, -0.15) is 0 Å². The highest BCUT2D eigenvalue weighted by atomic mass is 16.5. The fourth-order valence-corrected chi connectivity index (χ4v) is 4.40. The molecule has 154 valence electrons. The van der Waals surface area contributed by atoms with Crippen LogP contribution in [0.5, 0.6) is 0 Å². The van der Waals surface area contributed by atoms with E-state index in [1.54, 1.807) is 0 Å². The average molecular weight is 410 g/mol. The molecule has 0 N–H and O–H groups in total. The van der Waals surface area contributed by atoms with Crippen molar-refractivity contribution in [1.82, 2.24) is 0 Å². The third-order valence-corrected chi connectivity index (χ3v) is 5.91. The van der Waals surface area contributed by atoms with Gasteiger partial charge in [-0.1, -0.05) is 60.7 Å². The summed E-state index contributed by atoms with van der Waals surface area (Å²) in [5.74, 6) is -0.877. The van der Waals surface area contributed by atoms with Crippen LogP contribution in [0.15, 0.2) is 88.1 Å². The summed E-state index contributed by atoms with van der Waals surface area (Å²) in [5, 5.41) is 0.837. The zero-order chi connectivity index (χ0) is 21.2. The fourth-order valence-electron chi connectivity index (χ4n) is 4.40. The van der Waals surface area contributed by atoms with Gasteiger partial charge < -0.3 is 9.15 Å². The number of rotatable bonds is 5. The Morgan fingerprint density at radius 1 is 0.871 bits per heavy atom. The van der Waals surface area contributed by atoms with Crippen LogP contribution in [0.4, 0.5) is 0 Å². The first kappa shape index (κ1) is 19.3. The molecular formula is C27H22O4. The van der Waals surface area contributed by atoms with Crippen molar-refractivity contribution in [3.05, 3.63) is 117 Å². The molecule has 0 amide bonds. The molecule has 0 spiro atoms. The van der Waals surface area contributed by atoms with Gasteiger partial charge in [0.15, 0.2) is 0 Å². The topological polar surface area (TPSA) is 56.5 Å². The van der Waals surface area contributed by atoms with Gasteiger partial charge in [0.05, 0.1) is 0 Å². The summed E-state index contributed by atoms with van der Waals surface area (Å²) in [6.45, 7) is 0.0237. The van der Waals surface area contributed by atoms with Crippen molar-refractivity contribution < 1.29 is 13.9 Å². The first-order valence-electron chi connectivity index (χ1n) is 10.5. The van der Waals surface area contributed by atoms with Crippen LogP contribution >= 0.6 is 0 Å². The average Bonchev–Trinajstić information content (AvgIpc) is 3.25. The first-order chi connectivity index (χ1) is 15.2. The van der Waals surface area contributed by atoms with Gasteiger partial charge in [0.25, 0.3) is 0 Å². The van der Waals surface area contributed by atoms with E-state index in [1.807, 2.05) is 66.7 Å². The van der Waals surface area contributed by atoms with Gasteiger partial charge in [-0.15, -0.1) is 0 Å². The predicted molar refractivity (Wildman–Crippen MR) is 119 cm³/mol. The number of esters is 1. The van der Waals surface area contributed by atoms with Crippen LogP contribution in [0, 0.1) is 0 Å². The summed E-state index contributed by atoms with van der Waals surface area (Å²) in [5.41, 5.74) is 5.05. The lowest BCUT2D eigenvalue weighted by Gasteiger charge is -2.17. The second kappa shape index (κ2) is 8.23. The van der Waals surface area contributed by atoms with Crippen LogP contribution in [0.25, 0.3) is 11.0 Å². The summed E-state index contributed by atoms with van der Waals surface area (Å²) in [6, 6.07) is 24.7. The van der Waals surface area contributed by atoms with Gasteiger partial charge >= 0.3 is 11.6 Å². The number of benzene rings is 3. The monoisotopic (exact) mass is 410 g/mol. The smallest absolute Gasteiger partial charge is 0.336 e. The molecule has 1 aliphatic carbocycles. The summed E-state index contributed by atoms with van der Waals surface area (Å²) in [6.07, 6.45) is 3.13. The van der Waals surface area contributed by atoms with Crippen molar-refractivity contribution in [2.45, 2.75) is 31.8 Å². The minimum Gasteiger partial charge on any atom is -0.460 e. The van der Waals surface area contributed by atoms with E-state index in [2.05, 4.69) is 6.07 Å². The van der Waals surface area contributed by atoms with Crippen molar-refractivity contribution in [1.29, 1.82) is 0 Å². The lowest BCUT2D eigenvalue weighted by atomic mass is 9.91. The molecule has 4 aromatic rings. The summed E-state index contributed by atoms with van der Waals surface area (Å²) in [7, 11) is 0. The van der Waals surface area contributed by atoms with Gasteiger partial charge in [-0.3, -0.25) is 4.79 Å². The number of hydrogen-bond donors (Lipinski definition) is 0. The molecule has 0 radical (unpaired) electrons. The van der Waals surface area contributed by atoms with Gasteiger partial charge in [0, 0.05) is 17.0 Å². The molecule has 3 aromatic carbocycles. The van der Waals surface area contributed by atoms with Crippen LogP contribution < -0.4 is 5.63 Å². The second-order valence-corrected chi connectivity index (χ2v) is 7.92. The minimum atomic E-state index is -0.530. The van der Waals surface area contributed by atoms with E-state index in [1.165, 1.54) is 17.2 Å². The molecule has 4 nitrogen and oxygen atoms in total. The van der Waals surface area contributed by atoms with Gasteiger partial charge in [0.1, 0.15) is 18.1 Å². The van der Waals surface area contributed by atoms with Gasteiger partial charge in [0.2, 0.25) is 0 Å². The maximum atomic E-state index is 13.2. The number of hydrogen-bond acceptors (Lipinski definition) is 4. The molecule has 0 bridgehead atoms. The van der Waals surface area contributed by atoms with Crippen molar-refractivity contribution in [3.8, 4) is 0 Å². The van der Waals surface area contributed by atoms with Crippen molar-refractivity contribution in [2.24, 2.45) is 0 Å². The molecule has 1 aromatic heterocycles. The lowest BCUT2D eigenvalue weighted by molar-refractivity contribution is -0.145. The Labute approximate surface area is 180 Å². The molecule has 5 rings (SSSR count). The maximum absolute atomic E-state index is 13.2. The molecule has 0 unspecified atom stereocenters. The Kier molecular flexibility index (Phi) is 5.13. The van der Waals surface area contributed by atoms with E-state index in [-0.39, 0.29) is 12.6 Å². The van der Waals surface area contributed by atoms with Crippen molar-refractivity contribution in [2.75, 3.05) is 0 Å². The Bertz CT molecular complexity index is 1250. The van der Waals surface area contributed by atoms with E-state index in [0.29, 0.717) is 11.1 Å². The number of carbonyl (C=O) groups excluding carboxylic acids is 1. The molecule has 31 heavy (non-hydrogen) atoms. The van der Waals surface area contributed by atoms with Gasteiger partial charge in [-0.25, -0.2) is 4.79 Å². The predicted octanol–water partition coefficient (Wildman–Crippen LogP) is 5.16. The van der Waals surface area contributed by atoms with Crippen molar-refractivity contribution >= 4 is 16.9 Å². The second-order valence-electron chi connectivity index (χ2n) is 7.92. The molecule has 0 fully saturated rings. The largest absolute Gasteiger partial charge is 0.460 e. The van der Waals surface area contributed by atoms with Crippen LogP contribution in [0.3, 0.4) is 0 Å². The van der Waals surface area contributed by atoms with Crippen LogP contribution in [-0.4, -0.2) is 5.97 Å². The SMILES string of the molecule is O=C(OCc1cc(=O)oc2cc3c(cc12)CCC3)C(c1ccccc1)c1ccccc1.